The fourth-order valence-electron chi connectivity index (χ4n) is 3.20. The topological polar surface area (TPSA) is 54.3 Å². The summed E-state index contributed by atoms with van der Waals surface area (Å²) in [5.41, 5.74) is 1.76. The minimum atomic E-state index is 0.0364. The third-order valence-electron chi connectivity index (χ3n) is 4.56. The maximum Gasteiger partial charge on any atom is 0.274 e. The van der Waals surface area contributed by atoms with Crippen molar-refractivity contribution >= 4 is 5.91 Å². The van der Waals surface area contributed by atoms with Gasteiger partial charge in [-0.3, -0.25) is 19.4 Å². The van der Waals surface area contributed by atoms with Crippen molar-refractivity contribution in [3.63, 3.8) is 0 Å². The predicted octanol–water partition coefficient (Wildman–Crippen LogP) is 2.28. The van der Waals surface area contributed by atoms with E-state index in [1.54, 1.807) is 16.9 Å². The van der Waals surface area contributed by atoms with Gasteiger partial charge in [0.15, 0.2) is 0 Å². The number of nitrogens with zero attached hydrogens (tertiary/aromatic N) is 5. The van der Waals surface area contributed by atoms with Crippen LogP contribution in [0.1, 0.15) is 36.8 Å². The quantitative estimate of drug-likeness (QED) is 0.775. The van der Waals surface area contributed by atoms with Gasteiger partial charge in [0.05, 0.1) is 0 Å². The first-order chi connectivity index (χ1) is 12.1. The van der Waals surface area contributed by atoms with Gasteiger partial charge in [0.2, 0.25) is 0 Å². The summed E-state index contributed by atoms with van der Waals surface area (Å²) >= 11 is 0. The van der Waals surface area contributed by atoms with Crippen molar-refractivity contribution in [2.45, 2.75) is 39.9 Å². The summed E-state index contributed by atoms with van der Waals surface area (Å²) in [6, 6.07) is 6.30. The second-order valence-electron chi connectivity index (χ2n) is 7.11. The minimum Gasteiger partial charge on any atom is -0.334 e. The number of aryl methyl sites for hydroxylation is 1. The van der Waals surface area contributed by atoms with Gasteiger partial charge in [0.1, 0.15) is 5.69 Å². The van der Waals surface area contributed by atoms with E-state index in [9.17, 15) is 4.79 Å². The highest BCUT2D eigenvalue weighted by Crippen LogP contribution is 2.21. The summed E-state index contributed by atoms with van der Waals surface area (Å²) in [6.45, 7) is 10.7. The Morgan fingerprint density at radius 1 is 1.36 bits per heavy atom. The van der Waals surface area contributed by atoms with Crippen LogP contribution in [0.5, 0.6) is 0 Å². The fourth-order valence-corrected chi connectivity index (χ4v) is 3.20. The molecule has 1 saturated heterocycles. The molecule has 134 valence electrons. The Labute approximate surface area is 149 Å². The molecule has 1 amide bonds. The van der Waals surface area contributed by atoms with Gasteiger partial charge in [0, 0.05) is 57.4 Å². The summed E-state index contributed by atoms with van der Waals surface area (Å²) in [4.78, 5) is 21.1. The first-order valence-corrected chi connectivity index (χ1v) is 9.02. The van der Waals surface area contributed by atoms with Gasteiger partial charge in [-0.2, -0.15) is 5.10 Å². The number of amides is 1. The summed E-state index contributed by atoms with van der Waals surface area (Å²) in [5, 5.41) is 4.32. The Kier molecular flexibility index (Phi) is 5.48. The predicted molar refractivity (Wildman–Crippen MR) is 97.1 cm³/mol. The third-order valence-corrected chi connectivity index (χ3v) is 4.56. The normalized spacial score (nSPS) is 15.0. The standard InChI is InChI=1S/C19H27N5O/c1-4-24-9-7-18(21-24)19(25)23-13-17(14-23)22(11-15(2)3)12-16-6-5-8-20-10-16/h5-10,15,17H,4,11-14H2,1-3H3. The summed E-state index contributed by atoms with van der Waals surface area (Å²) in [7, 11) is 0. The monoisotopic (exact) mass is 341 g/mol. The molecule has 1 aliphatic rings. The number of hydrogen-bond donors (Lipinski definition) is 0. The van der Waals surface area contributed by atoms with Crippen molar-refractivity contribution in [2.75, 3.05) is 19.6 Å². The lowest BCUT2D eigenvalue weighted by Gasteiger charge is -2.45. The Bertz CT molecular complexity index is 691. The number of carbonyl (C=O) groups is 1. The fraction of sp³-hybridized carbons (Fsp3) is 0.526. The molecule has 25 heavy (non-hydrogen) atoms. The van der Waals surface area contributed by atoms with Gasteiger partial charge < -0.3 is 4.90 Å². The van der Waals surface area contributed by atoms with Crippen LogP contribution in [-0.4, -0.2) is 56.1 Å². The molecule has 3 rings (SSSR count). The Hall–Kier alpha value is -2.21. The first kappa shape index (κ1) is 17.6. The van der Waals surface area contributed by atoms with Crippen LogP contribution in [-0.2, 0) is 13.1 Å². The van der Waals surface area contributed by atoms with E-state index in [4.69, 9.17) is 0 Å². The second-order valence-corrected chi connectivity index (χ2v) is 7.11. The number of hydrogen-bond acceptors (Lipinski definition) is 4. The molecular formula is C19H27N5O. The molecule has 0 saturated carbocycles. The van der Waals surface area contributed by atoms with Gasteiger partial charge in [-0.15, -0.1) is 0 Å². The molecule has 0 atom stereocenters. The zero-order chi connectivity index (χ0) is 17.8. The molecule has 1 fully saturated rings. The van der Waals surface area contributed by atoms with Gasteiger partial charge >= 0.3 is 0 Å². The number of carbonyl (C=O) groups excluding carboxylic acids is 1. The molecular weight excluding hydrogens is 314 g/mol. The van der Waals surface area contributed by atoms with E-state index in [0.717, 1.165) is 32.7 Å². The lowest BCUT2D eigenvalue weighted by molar-refractivity contribution is 0.0192. The molecule has 6 nitrogen and oxygen atoms in total. The van der Waals surface area contributed by atoms with Crippen LogP contribution in [0.4, 0.5) is 0 Å². The van der Waals surface area contributed by atoms with E-state index < -0.39 is 0 Å². The average Bonchev–Trinajstić information content (AvgIpc) is 3.03. The molecule has 3 heterocycles. The molecule has 0 aromatic carbocycles. The molecule has 0 unspecified atom stereocenters. The van der Waals surface area contributed by atoms with Crippen LogP contribution in [0.3, 0.4) is 0 Å². The summed E-state index contributed by atoms with van der Waals surface area (Å²) < 4.78 is 1.79. The summed E-state index contributed by atoms with van der Waals surface area (Å²) in [5.74, 6) is 0.621. The molecule has 0 N–H and O–H groups in total. The molecule has 2 aromatic heterocycles. The molecule has 0 aliphatic carbocycles. The van der Waals surface area contributed by atoms with Crippen LogP contribution in [0.15, 0.2) is 36.8 Å². The largest absolute Gasteiger partial charge is 0.334 e. The smallest absolute Gasteiger partial charge is 0.274 e. The lowest BCUT2D eigenvalue weighted by atomic mass is 10.0. The van der Waals surface area contributed by atoms with Crippen molar-refractivity contribution in [3.05, 3.63) is 48.0 Å². The van der Waals surface area contributed by atoms with Gasteiger partial charge in [-0.1, -0.05) is 19.9 Å². The van der Waals surface area contributed by atoms with Gasteiger partial charge in [0.25, 0.3) is 5.91 Å². The number of likely N-dealkylation sites (tertiary alicyclic amines) is 1. The second kappa shape index (κ2) is 7.78. The minimum absolute atomic E-state index is 0.0364. The van der Waals surface area contributed by atoms with Gasteiger partial charge in [-0.25, -0.2) is 0 Å². The molecule has 0 spiro atoms. The van der Waals surface area contributed by atoms with E-state index in [-0.39, 0.29) is 5.91 Å². The highest BCUT2D eigenvalue weighted by molar-refractivity contribution is 5.92. The van der Waals surface area contributed by atoms with Crippen molar-refractivity contribution < 1.29 is 4.79 Å². The first-order valence-electron chi connectivity index (χ1n) is 9.02. The zero-order valence-electron chi connectivity index (χ0n) is 15.3. The number of pyridine rings is 1. The average molecular weight is 341 g/mol. The van der Waals surface area contributed by atoms with Gasteiger partial charge in [-0.05, 0) is 30.5 Å². The van der Waals surface area contributed by atoms with Crippen molar-refractivity contribution in [3.8, 4) is 0 Å². The van der Waals surface area contributed by atoms with E-state index in [1.165, 1.54) is 5.56 Å². The molecule has 1 aliphatic heterocycles. The summed E-state index contributed by atoms with van der Waals surface area (Å²) in [6.07, 6.45) is 5.58. The van der Waals surface area contributed by atoms with Crippen LogP contribution in [0, 0.1) is 5.92 Å². The molecule has 2 aromatic rings. The Morgan fingerprint density at radius 2 is 2.16 bits per heavy atom. The third kappa shape index (κ3) is 4.25. The van der Waals surface area contributed by atoms with Crippen molar-refractivity contribution in [2.24, 2.45) is 5.92 Å². The van der Waals surface area contributed by atoms with Crippen LogP contribution < -0.4 is 0 Å². The molecule has 0 bridgehead atoms. The molecule has 0 radical (unpaired) electrons. The SMILES string of the molecule is CCn1ccc(C(=O)N2CC(N(Cc3cccnc3)CC(C)C)C2)n1. The maximum atomic E-state index is 12.5. The van der Waals surface area contributed by atoms with Crippen LogP contribution >= 0.6 is 0 Å². The Balaban J connectivity index is 1.60. The van der Waals surface area contributed by atoms with E-state index in [1.807, 2.05) is 30.3 Å². The van der Waals surface area contributed by atoms with Crippen molar-refractivity contribution in [1.29, 1.82) is 0 Å². The van der Waals surface area contributed by atoms with Crippen LogP contribution in [0.25, 0.3) is 0 Å². The highest BCUT2D eigenvalue weighted by Gasteiger charge is 2.36. The van der Waals surface area contributed by atoms with Crippen LogP contribution in [0.2, 0.25) is 0 Å². The number of aromatic nitrogens is 3. The lowest BCUT2D eigenvalue weighted by Crippen LogP contribution is -2.61. The maximum absolute atomic E-state index is 12.5. The zero-order valence-corrected chi connectivity index (χ0v) is 15.3. The molecule has 6 heteroatoms. The number of rotatable bonds is 7. The highest BCUT2D eigenvalue weighted by atomic mass is 16.2. The van der Waals surface area contributed by atoms with Crippen molar-refractivity contribution in [1.82, 2.24) is 24.6 Å². The van der Waals surface area contributed by atoms with E-state index in [2.05, 4.69) is 34.9 Å². The van der Waals surface area contributed by atoms with E-state index in [0.29, 0.717) is 17.7 Å². The van der Waals surface area contributed by atoms with E-state index >= 15 is 0 Å². The Morgan fingerprint density at radius 3 is 2.76 bits per heavy atom.